The summed E-state index contributed by atoms with van der Waals surface area (Å²) in [6.45, 7) is 3.22. The van der Waals surface area contributed by atoms with Gasteiger partial charge in [0.25, 0.3) is 5.91 Å². The third-order valence-corrected chi connectivity index (χ3v) is 5.65. The first-order valence-corrected chi connectivity index (χ1v) is 11.7. The second kappa shape index (κ2) is 10.3. The lowest BCUT2D eigenvalue weighted by Gasteiger charge is -2.22. The van der Waals surface area contributed by atoms with Gasteiger partial charge in [-0.05, 0) is 61.9 Å². The Kier molecular flexibility index (Phi) is 7.98. The van der Waals surface area contributed by atoms with E-state index in [9.17, 15) is 22.8 Å². The molecule has 2 aromatic carbocycles. The molecule has 172 valence electrons. The minimum atomic E-state index is -3.77. The smallest absolute Gasteiger partial charge is 0.338 e. The lowest BCUT2D eigenvalue weighted by molar-refractivity contribution is -0.114. The van der Waals surface area contributed by atoms with Crippen molar-refractivity contribution < 1.29 is 27.5 Å². The minimum Gasteiger partial charge on any atom is -0.462 e. The molecule has 1 N–H and O–H groups in total. The van der Waals surface area contributed by atoms with Gasteiger partial charge < -0.3 is 15.0 Å². The summed E-state index contributed by atoms with van der Waals surface area (Å²) >= 11 is 0. The Morgan fingerprint density at radius 3 is 2.09 bits per heavy atom. The van der Waals surface area contributed by atoms with Gasteiger partial charge in [0.1, 0.15) is 6.54 Å². The van der Waals surface area contributed by atoms with Crippen molar-refractivity contribution in [3.63, 3.8) is 0 Å². The van der Waals surface area contributed by atoms with Crippen molar-refractivity contribution in [3.8, 4) is 0 Å². The molecule has 32 heavy (non-hydrogen) atoms. The number of ether oxygens (including phenoxy) is 1. The Morgan fingerprint density at radius 1 is 1.00 bits per heavy atom. The molecule has 0 saturated carbocycles. The summed E-state index contributed by atoms with van der Waals surface area (Å²) in [5.74, 6) is -1.24. The van der Waals surface area contributed by atoms with Crippen LogP contribution in [-0.4, -0.2) is 64.6 Å². The van der Waals surface area contributed by atoms with E-state index in [4.69, 9.17) is 4.74 Å². The molecular weight excluding hydrogens is 434 g/mol. The average molecular weight is 462 g/mol. The van der Waals surface area contributed by atoms with Gasteiger partial charge in [-0.2, -0.15) is 0 Å². The van der Waals surface area contributed by atoms with E-state index in [1.807, 2.05) is 0 Å². The summed E-state index contributed by atoms with van der Waals surface area (Å²) in [6, 6.07) is 10.6. The molecule has 0 spiro atoms. The van der Waals surface area contributed by atoms with Crippen LogP contribution in [0.3, 0.4) is 0 Å². The van der Waals surface area contributed by atoms with E-state index in [1.54, 1.807) is 40.1 Å². The molecule has 10 heteroatoms. The standard InChI is InChI=1S/C22H27N3O6S/c1-6-31-22(28)17-9-12-19(15(2)13-17)23-20(26)14-25(32(5,29)30)18-10-7-16(8-11-18)21(27)24(3)4/h7-13H,6,14H2,1-5H3,(H,23,26). The lowest BCUT2D eigenvalue weighted by atomic mass is 10.1. The van der Waals surface area contributed by atoms with Gasteiger partial charge in [0, 0.05) is 25.3 Å². The number of rotatable bonds is 8. The monoisotopic (exact) mass is 461 g/mol. The van der Waals surface area contributed by atoms with Crippen molar-refractivity contribution in [3.05, 3.63) is 59.2 Å². The molecule has 0 aromatic heterocycles. The number of nitrogens with one attached hydrogen (secondary N) is 1. The van der Waals surface area contributed by atoms with Crippen LogP contribution in [0.25, 0.3) is 0 Å². The van der Waals surface area contributed by atoms with E-state index in [1.165, 1.54) is 35.2 Å². The molecule has 0 heterocycles. The lowest BCUT2D eigenvalue weighted by Crippen LogP contribution is -2.37. The number of hydrogen-bond donors (Lipinski definition) is 1. The summed E-state index contributed by atoms with van der Waals surface area (Å²) in [5, 5.41) is 2.67. The third kappa shape index (κ3) is 6.30. The molecular formula is C22H27N3O6S. The van der Waals surface area contributed by atoms with Crippen LogP contribution < -0.4 is 9.62 Å². The number of hydrogen-bond acceptors (Lipinski definition) is 6. The van der Waals surface area contributed by atoms with Gasteiger partial charge >= 0.3 is 5.97 Å². The van der Waals surface area contributed by atoms with Gasteiger partial charge in [-0.3, -0.25) is 13.9 Å². The van der Waals surface area contributed by atoms with Crippen LogP contribution in [0.1, 0.15) is 33.2 Å². The fourth-order valence-electron chi connectivity index (χ4n) is 2.89. The quantitative estimate of drug-likeness (QED) is 0.604. The van der Waals surface area contributed by atoms with Gasteiger partial charge in [-0.25, -0.2) is 13.2 Å². The number of aryl methyl sites for hydroxylation is 1. The summed E-state index contributed by atoms with van der Waals surface area (Å²) in [4.78, 5) is 37.9. The Morgan fingerprint density at radius 2 is 1.59 bits per heavy atom. The van der Waals surface area contributed by atoms with E-state index < -0.39 is 28.4 Å². The zero-order valence-electron chi connectivity index (χ0n) is 18.7. The van der Waals surface area contributed by atoms with Crippen LogP contribution in [0.5, 0.6) is 0 Å². The van der Waals surface area contributed by atoms with Crippen molar-refractivity contribution in [2.75, 3.05) is 43.1 Å². The van der Waals surface area contributed by atoms with E-state index in [2.05, 4.69) is 5.32 Å². The number of benzene rings is 2. The van der Waals surface area contributed by atoms with Gasteiger partial charge in [-0.15, -0.1) is 0 Å². The second-order valence-electron chi connectivity index (χ2n) is 7.31. The highest BCUT2D eigenvalue weighted by Crippen LogP contribution is 2.21. The summed E-state index contributed by atoms with van der Waals surface area (Å²) in [5.41, 5.74) is 2.08. The fraction of sp³-hybridized carbons (Fsp3) is 0.318. The Balaban J connectivity index is 2.19. The van der Waals surface area contributed by atoms with E-state index >= 15 is 0 Å². The highest BCUT2D eigenvalue weighted by Gasteiger charge is 2.22. The maximum Gasteiger partial charge on any atom is 0.338 e. The highest BCUT2D eigenvalue weighted by molar-refractivity contribution is 7.92. The topological polar surface area (TPSA) is 113 Å². The molecule has 2 amide bonds. The van der Waals surface area contributed by atoms with Gasteiger partial charge in [0.15, 0.2) is 0 Å². The van der Waals surface area contributed by atoms with Crippen LogP contribution in [0.4, 0.5) is 11.4 Å². The summed E-state index contributed by atoms with van der Waals surface area (Å²) < 4.78 is 30.5. The van der Waals surface area contributed by atoms with Crippen molar-refractivity contribution >= 4 is 39.2 Å². The normalized spacial score (nSPS) is 10.9. The minimum absolute atomic E-state index is 0.220. The van der Waals surface area contributed by atoms with Crippen molar-refractivity contribution in [2.45, 2.75) is 13.8 Å². The predicted molar refractivity (Wildman–Crippen MR) is 122 cm³/mol. The summed E-state index contributed by atoms with van der Waals surface area (Å²) in [7, 11) is -0.542. The van der Waals surface area contributed by atoms with E-state index in [-0.39, 0.29) is 18.2 Å². The average Bonchev–Trinajstić information content (AvgIpc) is 2.72. The molecule has 2 rings (SSSR count). The first kappa shape index (κ1) is 24.9. The van der Waals surface area contributed by atoms with Gasteiger partial charge in [-0.1, -0.05) is 0 Å². The molecule has 0 aliphatic heterocycles. The second-order valence-corrected chi connectivity index (χ2v) is 9.22. The van der Waals surface area contributed by atoms with Crippen LogP contribution in [-0.2, 0) is 19.6 Å². The molecule has 0 aliphatic rings. The SMILES string of the molecule is CCOC(=O)c1ccc(NC(=O)CN(c2ccc(C(=O)N(C)C)cc2)S(C)(=O)=O)c(C)c1. The third-order valence-electron chi connectivity index (χ3n) is 4.51. The largest absolute Gasteiger partial charge is 0.462 e. The Bertz CT molecular complexity index is 1110. The number of amides is 2. The zero-order chi connectivity index (χ0) is 24.1. The van der Waals surface area contributed by atoms with Crippen molar-refractivity contribution in [1.82, 2.24) is 4.90 Å². The molecule has 0 fully saturated rings. The maximum absolute atomic E-state index is 12.6. The molecule has 9 nitrogen and oxygen atoms in total. The molecule has 0 atom stereocenters. The highest BCUT2D eigenvalue weighted by atomic mass is 32.2. The van der Waals surface area contributed by atoms with Crippen LogP contribution in [0, 0.1) is 6.92 Å². The van der Waals surface area contributed by atoms with E-state index in [0.717, 1.165) is 10.6 Å². The number of esters is 1. The number of carbonyl (C=O) groups is 3. The molecule has 0 saturated heterocycles. The van der Waals surface area contributed by atoms with Gasteiger partial charge in [0.2, 0.25) is 15.9 Å². The molecule has 0 radical (unpaired) electrons. The molecule has 2 aromatic rings. The van der Waals surface area contributed by atoms with Crippen LogP contribution in [0.15, 0.2) is 42.5 Å². The Labute approximate surface area is 188 Å². The fourth-order valence-corrected chi connectivity index (χ4v) is 3.75. The van der Waals surface area contributed by atoms with Crippen molar-refractivity contribution in [1.29, 1.82) is 0 Å². The maximum atomic E-state index is 12.6. The van der Waals surface area contributed by atoms with Crippen LogP contribution in [0.2, 0.25) is 0 Å². The number of nitrogens with zero attached hydrogens (tertiary/aromatic N) is 2. The first-order valence-electron chi connectivity index (χ1n) is 9.81. The van der Waals surface area contributed by atoms with E-state index in [0.29, 0.717) is 22.4 Å². The zero-order valence-corrected chi connectivity index (χ0v) is 19.5. The molecule has 0 bridgehead atoms. The van der Waals surface area contributed by atoms with Gasteiger partial charge in [0.05, 0.1) is 24.1 Å². The summed E-state index contributed by atoms with van der Waals surface area (Å²) in [6.07, 6.45) is 0.999. The van der Waals surface area contributed by atoms with Crippen molar-refractivity contribution in [2.24, 2.45) is 0 Å². The first-order chi connectivity index (χ1) is 14.9. The number of carbonyl (C=O) groups excluding carboxylic acids is 3. The number of sulfonamides is 1. The molecule has 0 aliphatic carbocycles. The Hall–Kier alpha value is -3.40. The number of anilines is 2. The van der Waals surface area contributed by atoms with Crippen LogP contribution >= 0.6 is 0 Å². The predicted octanol–water partition coefficient (Wildman–Crippen LogP) is 2.28. The molecule has 0 unspecified atom stereocenters.